The lowest BCUT2D eigenvalue weighted by Gasteiger charge is -2.15. The molecule has 0 amide bonds. The summed E-state index contributed by atoms with van der Waals surface area (Å²) >= 11 is 0. The van der Waals surface area contributed by atoms with Crippen LogP contribution < -0.4 is 0 Å². The fraction of sp³-hybridized carbons (Fsp3) is 0.552. The van der Waals surface area contributed by atoms with E-state index in [-0.39, 0.29) is 25.2 Å². The number of aliphatic hydroxyl groups excluding tert-OH is 1. The van der Waals surface area contributed by atoms with Crippen molar-refractivity contribution in [2.24, 2.45) is 0 Å². The molecule has 0 aromatic carbocycles. The zero-order valence-electron chi connectivity index (χ0n) is 45.9. The van der Waals surface area contributed by atoms with Gasteiger partial charge in [0.1, 0.15) is 6.61 Å². The number of rotatable bonds is 50. The number of aliphatic hydroxyl groups is 1. The summed E-state index contributed by atoms with van der Waals surface area (Å²) in [6.45, 7) is 3.88. The van der Waals surface area contributed by atoms with Crippen LogP contribution in [0.5, 0.6) is 0 Å². The van der Waals surface area contributed by atoms with E-state index in [4.69, 9.17) is 9.47 Å². The van der Waals surface area contributed by atoms with E-state index < -0.39 is 6.10 Å². The van der Waals surface area contributed by atoms with Crippen molar-refractivity contribution in [3.63, 3.8) is 0 Å². The normalized spacial score (nSPS) is 13.5. The first-order valence-corrected chi connectivity index (χ1v) is 28.7. The van der Waals surface area contributed by atoms with E-state index in [9.17, 15) is 14.7 Å². The minimum Gasteiger partial charge on any atom is -0.462 e. The zero-order chi connectivity index (χ0) is 52.0. The van der Waals surface area contributed by atoms with Gasteiger partial charge < -0.3 is 14.6 Å². The number of allylic oxidation sites excluding steroid dienone is 28. The molecule has 5 heteroatoms. The van der Waals surface area contributed by atoms with Gasteiger partial charge in [-0.25, -0.2) is 0 Å². The van der Waals surface area contributed by atoms with E-state index in [1.807, 2.05) is 0 Å². The second kappa shape index (κ2) is 60.6. The highest BCUT2D eigenvalue weighted by atomic mass is 16.6. The summed E-state index contributed by atoms with van der Waals surface area (Å²) in [5.41, 5.74) is 0. The Kier molecular flexibility index (Phi) is 56.6. The molecule has 0 aliphatic heterocycles. The van der Waals surface area contributed by atoms with Crippen molar-refractivity contribution in [2.75, 3.05) is 13.2 Å². The van der Waals surface area contributed by atoms with Gasteiger partial charge in [0, 0.05) is 12.8 Å². The molecule has 0 saturated carbocycles. The topological polar surface area (TPSA) is 72.8 Å². The average molecular weight is 990 g/mol. The molecular weight excluding hydrogens is 885 g/mol. The second-order valence-electron chi connectivity index (χ2n) is 18.2. The summed E-state index contributed by atoms with van der Waals surface area (Å²) in [5, 5.41) is 9.66. The van der Waals surface area contributed by atoms with Crippen LogP contribution in [0.3, 0.4) is 0 Å². The maximum atomic E-state index is 12.3. The first-order valence-electron chi connectivity index (χ1n) is 28.7. The van der Waals surface area contributed by atoms with Gasteiger partial charge in [-0.2, -0.15) is 0 Å². The molecule has 0 fully saturated rings. The standard InChI is InChI=1S/C67H104O5/c1-3-5-7-9-11-13-15-17-19-21-23-25-27-29-31-33-35-37-39-41-43-45-47-49-51-53-55-57-59-61-66(69)71-64-65(63-68)72-67(70)62-60-58-56-54-52-50-48-46-44-42-40-38-36-34-32-30-28-26-24-22-20-18-16-14-12-10-8-6-4-2/h5-8,11-14,17-20,23-26,29-32,35-38,41-44,65,68H,3-4,9-10,15-16,21-22,27-28,33-34,39-40,45-64H2,1-2H3/b7-5-,8-6-,13-11-,14-12-,19-17-,20-18-,25-23-,26-24-,31-29-,32-30-,37-35-,38-36-,43-41-,44-42-. The lowest BCUT2D eigenvalue weighted by Crippen LogP contribution is -2.28. The molecule has 1 atom stereocenters. The molecule has 402 valence electrons. The van der Waals surface area contributed by atoms with E-state index in [1.165, 1.54) is 51.4 Å². The first-order chi connectivity index (χ1) is 35.6. The highest BCUT2D eigenvalue weighted by molar-refractivity contribution is 5.70. The minimum atomic E-state index is -0.798. The smallest absolute Gasteiger partial charge is 0.306 e. The third-order valence-electron chi connectivity index (χ3n) is 11.5. The zero-order valence-corrected chi connectivity index (χ0v) is 45.9. The molecule has 1 N–H and O–H groups in total. The SMILES string of the molecule is CC/C=C\C/C=C\C/C=C\C/C=C\C/C=C\C/C=C\C/C=C\CCCCCCCCCC(=O)OCC(CO)OC(=O)CCCCCCCCC/C=C\C/C=C\C/C=C\C/C=C\C/C=C\C/C=C\C/C=C\CC. The molecule has 5 nitrogen and oxygen atoms in total. The fourth-order valence-electron chi connectivity index (χ4n) is 7.28. The van der Waals surface area contributed by atoms with Crippen molar-refractivity contribution in [3.05, 3.63) is 170 Å². The summed E-state index contributed by atoms with van der Waals surface area (Å²) in [6.07, 6.45) is 94.5. The lowest BCUT2D eigenvalue weighted by atomic mass is 10.1. The van der Waals surface area contributed by atoms with Gasteiger partial charge in [0.2, 0.25) is 0 Å². The third-order valence-corrected chi connectivity index (χ3v) is 11.5. The van der Waals surface area contributed by atoms with Gasteiger partial charge in [-0.05, 0) is 128 Å². The molecule has 1 unspecified atom stereocenters. The van der Waals surface area contributed by atoms with Crippen LogP contribution in [0.25, 0.3) is 0 Å². The number of unbranched alkanes of at least 4 members (excludes halogenated alkanes) is 14. The first kappa shape index (κ1) is 67.3. The summed E-state index contributed by atoms with van der Waals surface area (Å²) in [5.74, 6) is -0.630. The Bertz CT molecular complexity index is 1640. The number of hydrogen-bond donors (Lipinski definition) is 1. The van der Waals surface area contributed by atoms with Crippen molar-refractivity contribution in [1.29, 1.82) is 0 Å². The van der Waals surface area contributed by atoms with Crippen LogP contribution in [-0.4, -0.2) is 36.4 Å². The van der Waals surface area contributed by atoms with Gasteiger partial charge in [0.05, 0.1) is 6.61 Å². The molecule has 0 spiro atoms. The number of esters is 2. The summed E-state index contributed by atoms with van der Waals surface area (Å²) in [7, 11) is 0. The lowest BCUT2D eigenvalue weighted by molar-refractivity contribution is -0.161. The molecular formula is C67H104O5. The predicted molar refractivity (Wildman–Crippen MR) is 315 cm³/mol. The highest BCUT2D eigenvalue weighted by Crippen LogP contribution is 2.13. The van der Waals surface area contributed by atoms with E-state index in [2.05, 4.69) is 184 Å². The van der Waals surface area contributed by atoms with Crippen LogP contribution >= 0.6 is 0 Å². The van der Waals surface area contributed by atoms with Crippen LogP contribution in [0, 0.1) is 0 Å². The quantitative estimate of drug-likeness (QED) is 0.0373. The van der Waals surface area contributed by atoms with Gasteiger partial charge in [-0.3, -0.25) is 9.59 Å². The molecule has 0 rings (SSSR count). The Morgan fingerprint density at radius 1 is 0.319 bits per heavy atom. The Morgan fingerprint density at radius 2 is 0.556 bits per heavy atom. The average Bonchev–Trinajstić information content (AvgIpc) is 3.38. The van der Waals surface area contributed by atoms with E-state index >= 15 is 0 Å². The molecule has 0 aromatic rings. The largest absolute Gasteiger partial charge is 0.462 e. The molecule has 0 aromatic heterocycles. The summed E-state index contributed by atoms with van der Waals surface area (Å²) in [6, 6.07) is 0. The van der Waals surface area contributed by atoms with Crippen molar-refractivity contribution in [2.45, 2.75) is 225 Å². The van der Waals surface area contributed by atoms with Crippen molar-refractivity contribution >= 4 is 11.9 Å². The molecule has 0 heterocycles. The van der Waals surface area contributed by atoms with Crippen LogP contribution in [0.4, 0.5) is 0 Å². The molecule has 0 aliphatic rings. The number of carbonyl (C=O) groups is 2. The molecule has 72 heavy (non-hydrogen) atoms. The van der Waals surface area contributed by atoms with Crippen LogP contribution in [0.2, 0.25) is 0 Å². The van der Waals surface area contributed by atoms with Crippen molar-refractivity contribution < 1.29 is 24.2 Å². The number of carbonyl (C=O) groups excluding carboxylic acids is 2. The fourth-order valence-corrected chi connectivity index (χ4v) is 7.28. The van der Waals surface area contributed by atoms with E-state index in [1.54, 1.807) is 0 Å². The van der Waals surface area contributed by atoms with Crippen molar-refractivity contribution in [1.82, 2.24) is 0 Å². The van der Waals surface area contributed by atoms with Gasteiger partial charge in [-0.15, -0.1) is 0 Å². The number of ether oxygens (including phenoxy) is 2. The minimum absolute atomic E-state index is 0.0887. The Morgan fingerprint density at radius 3 is 0.833 bits per heavy atom. The maximum absolute atomic E-state index is 12.3. The molecule has 0 bridgehead atoms. The maximum Gasteiger partial charge on any atom is 0.306 e. The Balaban J connectivity index is 3.64. The van der Waals surface area contributed by atoms with Gasteiger partial charge in [0.25, 0.3) is 0 Å². The molecule has 0 saturated heterocycles. The summed E-state index contributed by atoms with van der Waals surface area (Å²) < 4.78 is 10.7. The number of hydrogen-bond acceptors (Lipinski definition) is 5. The van der Waals surface area contributed by atoms with Crippen LogP contribution in [0.1, 0.15) is 219 Å². The van der Waals surface area contributed by atoms with Gasteiger partial charge in [0.15, 0.2) is 6.10 Å². The van der Waals surface area contributed by atoms with Crippen LogP contribution in [0.15, 0.2) is 170 Å². The van der Waals surface area contributed by atoms with Gasteiger partial charge >= 0.3 is 11.9 Å². The Hall–Kier alpha value is -4.74. The van der Waals surface area contributed by atoms with E-state index in [0.717, 1.165) is 141 Å². The predicted octanol–water partition coefficient (Wildman–Crippen LogP) is 19.7. The second-order valence-corrected chi connectivity index (χ2v) is 18.2. The highest BCUT2D eigenvalue weighted by Gasteiger charge is 2.16. The molecule has 0 radical (unpaired) electrons. The van der Waals surface area contributed by atoms with Gasteiger partial charge in [-0.1, -0.05) is 248 Å². The monoisotopic (exact) mass is 989 g/mol. The summed E-state index contributed by atoms with van der Waals surface area (Å²) in [4.78, 5) is 24.6. The van der Waals surface area contributed by atoms with Crippen molar-refractivity contribution in [3.8, 4) is 0 Å². The third kappa shape index (κ3) is 57.8. The van der Waals surface area contributed by atoms with E-state index in [0.29, 0.717) is 12.8 Å². The molecule has 0 aliphatic carbocycles. The van der Waals surface area contributed by atoms with Crippen LogP contribution in [-0.2, 0) is 19.1 Å². The Labute approximate surface area is 443 Å².